The first-order valence-corrected chi connectivity index (χ1v) is 11.3. The first-order chi connectivity index (χ1) is 16.6. The van der Waals surface area contributed by atoms with Gasteiger partial charge in [0.1, 0.15) is 5.75 Å². The quantitative estimate of drug-likeness (QED) is 0.203. The van der Waals surface area contributed by atoms with Gasteiger partial charge in [-0.05, 0) is 71.6 Å². The molecule has 0 fully saturated rings. The summed E-state index contributed by atoms with van der Waals surface area (Å²) in [6.45, 7) is 0. The Balaban J connectivity index is 1.39. The summed E-state index contributed by atoms with van der Waals surface area (Å²) in [5, 5.41) is 0.951. The Bertz CT molecular complexity index is 1490. The molecule has 0 aliphatic rings. The molecule has 0 radical (unpaired) electrons. The fourth-order valence-electron chi connectivity index (χ4n) is 3.43. The van der Waals surface area contributed by atoms with Crippen molar-refractivity contribution in [3.63, 3.8) is 0 Å². The number of benzene rings is 4. The second kappa shape index (κ2) is 9.29. The third-order valence-electron chi connectivity index (χ3n) is 5.14. The van der Waals surface area contributed by atoms with Gasteiger partial charge in [0.25, 0.3) is 0 Å². The van der Waals surface area contributed by atoms with Crippen LogP contribution in [0.2, 0.25) is 0 Å². The molecular formula is C28H17FO4S. The Kier molecular flexibility index (Phi) is 5.89. The van der Waals surface area contributed by atoms with Gasteiger partial charge in [-0.3, -0.25) is 0 Å². The molecule has 4 aromatic carbocycles. The zero-order chi connectivity index (χ0) is 23.5. The normalized spacial score (nSPS) is 10.7. The molecule has 0 amide bonds. The van der Waals surface area contributed by atoms with E-state index in [4.69, 9.17) is 9.47 Å². The molecule has 0 N–H and O–H groups in total. The highest BCUT2D eigenvalue weighted by molar-refractivity contribution is 7.22. The van der Waals surface area contributed by atoms with Crippen LogP contribution in [-0.4, -0.2) is 11.9 Å². The van der Waals surface area contributed by atoms with Crippen LogP contribution in [0.5, 0.6) is 11.5 Å². The molecule has 5 rings (SSSR count). The molecule has 0 saturated heterocycles. The second-order valence-electron chi connectivity index (χ2n) is 7.47. The first kappa shape index (κ1) is 21.6. The minimum Gasteiger partial charge on any atom is -0.423 e. The van der Waals surface area contributed by atoms with Gasteiger partial charge in [-0.15, -0.1) is 11.3 Å². The lowest BCUT2D eigenvalue weighted by molar-refractivity contribution is 0.0721. The van der Waals surface area contributed by atoms with Gasteiger partial charge in [0, 0.05) is 9.58 Å². The van der Waals surface area contributed by atoms with Crippen molar-refractivity contribution in [2.24, 2.45) is 0 Å². The highest BCUT2D eigenvalue weighted by Crippen LogP contribution is 2.37. The fourth-order valence-corrected chi connectivity index (χ4v) is 4.51. The highest BCUT2D eigenvalue weighted by Gasteiger charge is 2.15. The molecule has 4 nitrogen and oxygen atoms in total. The van der Waals surface area contributed by atoms with E-state index in [2.05, 4.69) is 0 Å². The largest absolute Gasteiger partial charge is 0.423 e. The van der Waals surface area contributed by atoms with E-state index < -0.39 is 17.8 Å². The molecule has 1 aromatic heterocycles. The Morgan fingerprint density at radius 2 is 1.32 bits per heavy atom. The molecule has 0 unspecified atom stereocenters. The van der Waals surface area contributed by atoms with Gasteiger partial charge in [0.15, 0.2) is 11.6 Å². The van der Waals surface area contributed by atoms with E-state index in [1.54, 1.807) is 72.8 Å². The lowest BCUT2D eigenvalue weighted by atomic mass is 10.1. The Morgan fingerprint density at radius 3 is 2.00 bits per heavy atom. The molecule has 0 aliphatic carbocycles. The molecule has 0 bridgehead atoms. The number of carbonyl (C=O) groups excluding carboxylic acids is 2. The Labute approximate surface area is 198 Å². The van der Waals surface area contributed by atoms with E-state index in [-0.39, 0.29) is 5.75 Å². The monoisotopic (exact) mass is 468 g/mol. The van der Waals surface area contributed by atoms with Gasteiger partial charge in [0.05, 0.1) is 11.1 Å². The van der Waals surface area contributed by atoms with Gasteiger partial charge in [-0.25, -0.2) is 14.0 Å². The number of halogens is 1. The topological polar surface area (TPSA) is 52.6 Å². The summed E-state index contributed by atoms with van der Waals surface area (Å²) in [4.78, 5) is 25.6. The van der Waals surface area contributed by atoms with Crippen LogP contribution < -0.4 is 9.47 Å². The van der Waals surface area contributed by atoms with Gasteiger partial charge in [-0.1, -0.05) is 42.5 Å². The molecule has 1 heterocycles. The van der Waals surface area contributed by atoms with Crippen molar-refractivity contribution in [1.29, 1.82) is 0 Å². The number of hydrogen-bond donors (Lipinski definition) is 0. The first-order valence-electron chi connectivity index (χ1n) is 10.4. The van der Waals surface area contributed by atoms with Crippen LogP contribution in [0.1, 0.15) is 20.7 Å². The lowest BCUT2D eigenvalue weighted by Gasteiger charge is -2.07. The van der Waals surface area contributed by atoms with Crippen molar-refractivity contribution in [3.05, 3.63) is 120 Å². The minimum atomic E-state index is -0.627. The SMILES string of the molecule is O=C(Oc1ccc2cc(-c3ccc(F)c(OC(=O)c4ccccc4)c3)sc2c1)c1ccccc1. The van der Waals surface area contributed by atoms with Crippen LogP contribution in [-0.2, 0) is 0 Å². The van der Waals surface area contributed by atoms with Crippen LogP contribution in [0.15, 0.2) is 103 Å². The van der Waals surface area contributed by atoms with Gasteiger partial charge >= 0.3 is 11.9 Å². The molecule has 0 spiro atoms. The molecule has 6 heteroatoms. The highest BCUT2D eigenvalue weighted by atomic mass is 32.1. The lowest BCUT2D eigenvalue weighted by Crippen LogP contribution is -2.09. The van der Waals surface area contributed by atoms with Crippen molar-refractivity contribution < 1.29 is 23.5 Å². The van der Waals surface area contributed by atoms with Gasteiger partial charge in [-0.2, -0.15) is 0 Å². The molecule has 0 saturated carbocycles. The van der Waals surface area contributed by atoms with Crippen molar-refractivity contribution in [3.8, 4) is 21.9 Å². The number of fused-ring (bicyclic) bond motifs is 1. The van der Waals surface area contributed by atoms with E-state index in [0.29, 0.717) is 22.4 Å². The maximum Gasteiger partial charge on any atom is 0.343 e. The zero-order valence-electron chi connectivity index (χ0n) is 17.7. The Hall–Kier alpha value is -4.29. The maximum atomic E-state index is 14.4. The number of esters is 2. The summed E-state index contributed by atoms with van der Waals surface area (Å²) in [7, 11) is 0. The van der Waals surface area contributed by atoms with E-state index >= 15 is 0 Å². The average Bonchev–Trinajstić information content (AvgIpc) is 3.30. The van der Waals surface area contributed by atoms with Gasteiger partial charge < -0.3 is 9.47 Å². The van der Waals surface area contributed by atoms with Crippen molar-refractivity contribution >= 4 is 33.4 Å². The number of thiophene rings is 1. The summed E-state index contributed by atoms with van der Waals surface area (Å²) in [5.74, 6) is -1.38. The minimum absolute atomic E-state index is 0.138. The number of carbonyl (C=O) groups is 2. The van der Waals surface area contributed by atoms with Crippen molar-refractivity contribution in [2.45, 2.75) is 0 Å². The summed E-state index contributed by atoms with van der Waals surface area (Å²) in [6.07, 6.45) is 0. The predicted molar refractivity (Wildman–Crippen MR) is 130 cm³/mol. The third-order valence-corrected chi connectivity index (χ3v) is 6.29. The molecule has 0 aliphatic heterocycles. The van der Waals surface area contributed by atoms with E-state index in [0.717, 1.165) is 15.0 Å². The van der Waals surface area contributed by atoms with E-state index in [1.807, 2.05) is 18.2 Å². The summed E-state index contributed by atoms with van der Waals surface area (Å²) in [6, 6.07) is 29.0. The molecule has 5 aromatic rings. The third kappa shape index (κ3) is 4.58. The van der Waals surface area contributed by atoms with Crippen LogP contribution in [0.3, 0.4) is 0 Å². The molecule has 0 atom stereocenters. The zero-order valence-corrected chi connectivity index (χ0v) is 18.6. The average molecular weight is 469 g/mol. The Morgan fingerprint density at radius 1 is 0.676 bits per heavy atom. The summed E-state index contributed by atoms with van der Waals surface area (Å²) in [5.41, 5.74) is 1.52. The summed E-state index contributed by atoms with van der Waals surface area (Å²) >= 11 is 1.46. The number of ether oxygens (including phenoxy) is 2. The molecule has 34 heavy (non-hydrogen) atoms. The predicted octanol–water partition coefficient (Wildman–Crippen LogP) is 7.15. The standard InChI is InChI=1S/C28H17FO4S/c29-23-14-12-20(15-24(23)33-28(31)19-9-5-2-6-10-19)25-16-21-11-13-22(17-26(21)34-25)32-27(30)18-7-3-1-4-8-18/h1-17H. The fraction of sp³-hybridized carbons (Fsp3) is 0. The maximum absolute atomic E-state index is 14.4. The van der Waals surface area contributed by atoms with Crippen molar-refractivity contribution in [1.82, 2.24) is 0 Å². The van der Waals surface area contributed by atoms with Crippen LogP contribution >= 0.6 is 11.3 Å². The van der Waals surface area contributed by atoms with Gasteiger partial charge in [0.2, 0.25) is 0 Å². The van der Waals surface area contributed by atoms with Crippen LogP contribution in [0.25, 0.3) is 20.5 Å². The smallest absolute Gasteiger partial charge is 0.343 e. The second-order valence-corrected chi connectivity index (χ2v) is 8.55. The van der Waals surface area contributed by atoms with Crippen molar-refractivity contribution in [2.75, 3.05) is 0 Å². The summed E-state index contributed by atoms with van der Waals surface area (Å²) < 4.78 is 26.1. The van der Waals surface area contributed by atoms with E-state index in [9.17, 15) is 14.0 Å². The van der Waals surface area contributed by atoms with E-state index in [1.165, 1.54) is 23.5 Å². The number of hydrogen-bond acceptors (Lipinski definition) is 5. The van der Waals surface area contributed by atoms with Crippen LogP contribution in [0.4, 0.5) is 4.39 Å². The number of rotatable bonds is 5. The van der Waals surface area contributed by atoms with Crippen LogP contribution in [0, 0.1) is 5.82 Å². The molecular weight excluding hydrogens is 451 g/mol. The molecule has 166 valence electrons.